The molecule has 0 aliphatic carbocycles. The van der Waals surface area contributed by atoms with Crippen molar-refractivity contribution in [3.05, 3.63) is 80.6 Å². The number of alkyl halides is 3. The number of amides is 1. The van der Waals surface area contributed by atoms with E-state index in [9.17, 15) is 27.9 Å². The monoisotopic (exact) mass is 493 g/mol. The molecule has 33 heavy (non-hydrogen) atoms. The number of hydrogen-bond donors (Lipinski definition) is 1. The molecule has 4 heterocycles. The first kappa shape index (κ1) is 21.9. The van der Waals surface area contributed by atoms with Crippen LogP contribution in [0.25, 0.3) is 0 Å². The maximum absolute atomic E-state index is 13.7. The van der Waals surface area contributed by atoms with Gasteiger partial charge in [0, 0.05) is 23.6 Å². The lowest BCUT2D eigenvalue weighted by atomic mass is 9.96. The van der Waals surface area contributed by atoms with Crippen molar-refractivity contribution in [1.82, 2.24) is 9.58 Å². The summed E-state index contributed by atoms with van der Waals surface area (Å²) in [7, 11) is 0. The molecular formula is C22H18F3N3O3S2. The molecule has 1 N–H and O–H groups in total. The van der Waals surface area contributed by atoms with Crippen molar-refractivity contribution in [2.45, 2.75) is 35.1 Å². The molecule has 2 aliphatic heterocycles. The molecular weight excluding hydrogens is 475 g/mol. The Balaban J connectivity index is 1.76. The van der Waals surface area contributed by atoms with Gasteiger partial charge in [-0.3, -0.25) is 19.3 Å². The second kappa shape index (κ2) is 7.84. The molecule has 0 spiro atoms. The summed E-state index contributed by atoms with van der Waals surface area (Å²) in [5, 5.41) is 14.0. The van der Waals surface area contributed by atoms with Crippen LogP contribution in [0.3, 0.4) is 0 Å². The van der Waals surface area contributed by atoms with Gasteiger partial charge in [-0.1, -0.05) is 24.3 Å². The summed E-state index contributed by atoms with van der Waals surface area (Å²) in [6.07, 6.45) is -3.35. The summed E-state index contributed by atoms with van der Waals surface area (Å²) in [6.45, 7) is 0.518. The summed E-state index contributed by atoms with van der Waals surface area (Å²) in [5.41, 5.74) is 1.50. The maximum Gasteiger partial charge on any atom is 0.408 e. The fourth-order valence-corrected chi connectivity index (χ4v) is 6.39. The molecule has 0 bridgehead atoms. The summed E-state index contributed by atoms with van der Waals surface area (Å²) >= 11 is 3.19. The Morgan fingerprint density at radius 2 is 1.88 bits per heavy atom. The van der Waals surface area contributed by atoms with E-state index in [1.807, 2.05) is 35.7 Å². The van der Waals surface area contributed by atoms with Gasteiger partial charge in [0.1, 0.15) is 12.7 Å². The molecule has 11 heteroatoms. The fourth-order valence-electron chi connectivity index (χ4n) is 4.23. The average molecular weight is 494 g/mol. The van der Waals surface area contributed by atoms with E-state index in [1.165, 1.54) is 10.9 Å². The smallest absolute Gasteiger partial charge is 0.408 e. The Bertz CT molecular complexity index is 1300. The number of thiophene rings is 1. The Hall–Kier alpha value is -2.92. The molecule has 5 rings (SSSR count). The maximum atomic E-state index is 13.7. The zero-order valence-corrected chi connectivity index (χ0v) is 18.9. The van der Waals surface area contributed by atoms with Crippen molar-refractivity contribution in [3.8, 4) is 5.75 Å². The van der Waals surface area contributed by atoms with E-state index in [0.29, 0.717) is 10.7 Å². The van der Waals surface area contributed by atoms with E-state index in [-0.39, 0.29) is 6.67 Å². The third-order valence-corrected chi connectivity index (χ3v) is 8.31. The molecule has 1 aromatic carbocycles. The van der Waals surface area contributed by atoms with Crippen LogP contribution >= 0.6 is 23.1 Å². The third kappa shape index (κ3) is 3.50. The van der Waals surface area contributed by atoms with Crippen molar-refractivity contribution in [1.29, 1.82) is 0 Å². The summed E-state index contributed by atoms with van der Waals surface area (Å²) in [4.78, 5) is 25.9. The summed E-state index contributed by atoms with van der Waals surface area (Å²) in [5.74, 6) is -1.22. The molecule has 0 unspecified atom stereocenters. The normalized spacial score (nSPS) is 18.9. The fraction of sp³-hybridized carbons (Fsp3) is 0.273. The highest BCUT2D eigenvalue weighted by Gasteiger charge is 2.47. The van der Waals surface area contributed by atoms with Gasteiger partial charge < -0.3 is 10.0 Å². The van der Waals surface area contributed by atoms with Gasteiger partial charge in [-0.05, 0) is 29.5 Å². The molecule has 2 aliphatic rings. The Kier molecular flexibility index (Phi) is 5.20. The second-order valence-electron chi connectivity index (χ2n) is 7.85. The SMILES string of the molecule is C[C@@H](N1CN([C@H]2c3ccccc3CSc3sccc32)n2ccc(=O)c(O)c2C1=O)C(F)(F)F. The number of nitrogens with zero attached hydrogens (tertiary/aromatic N) is 3. The molecule has 1 amide bonds. The number of hydrogen-bond acceptors (Lipinski definition) is 6. The van der Waals surface area contributed by atoms with E-state index < -0.39 is 41.0 Å². The number of rotatable bonds is 2. The standard InChI is InChI=1S/C22H18F3N3O3S2/c1-12(22(23,24)25)26-11-28(27-8-6-16(29)19(30)18(27)20(26)31)17-14-5-3-2-4-13(14)10-33-21-15(17)7-9-32-21/h2-9,12,17,30H,10-11H2,1H3/t12-,17+/m1/s1. The number of carbonyl (C=O) groups excluding carboxylic acids is 1. The van der Waals surface area contributed by atoms with Gasteiger partial charge in [0.25, 0.3) is 5.91 Å². The van der Waals surface area contributed by atoms with Crippen LogP contribution < -0.4 is 10.4 Å². The highest BCUT2D eigenvalue weighted by molar-refractivity contribution is 8.00. The topological polar surface area (TPSA) is 65.8 Å². The predicted molar refractivity (Wildman–Crippen MR) is 119 cm³/mol. The Morgan fingerprint density at radius 1 is 1.12 bits per heavy atom. The zero-order valence-electron chi connectivity index (χ0n) is 17.2. The molecule has 2 atom stereocenters. The predicted octanol–water partition coefficient (Wildman–Crippen LogP) is 4.31. The van der Waals surface area contributed by atoms with Crippen LogP contribution in [0.5, 0.6) is 5.75 Å². The second-order valence-corrected chi connectivity index (χ2v) is 10.0. The highest BCUT2D eigenvalue weighted by atomic mass is 32.2. The lowest BCUT2D eigenvalue weighted by Crippen LogP contribution is -2.60. The van der Waals surface area contributed by atoms with Crippen molar-refractivity contribution in [3.63, 3.8) is 0 Å². The Morgan fingerprint density at radius 3 is 2.64 bits per heavy atom. The van der Waals surface area contributed by atoms with Crippen LogP contribution in [-0.4, -0.2) is 39.5 Å². The lowest BCUT2D eigenvalue weighted by molar-refractivity contribution is -0.173. The zero-order chi connectivity index (χ0) is 23.5. The number of fused-ring (bicyclic) bond motifs is 3. The van der Waals surface area contributed by atoms with Gasteiger partial charge in [0.05, 0.1) is 10.3 Å². The molecule has 3 aromatic rings. The average Bonchev–Trinajstić information content (AvgIpc) is 3.18. The van der Waals surface area contributed by atoms with Crippen molar-refractivity contribution in [2.24, 2.45) is 0 Å². The van der Waals surface area contributed by atoms with Crippen LogP contribution in [0.1, 0.15) is 40.1 Å². The Labute approximate surface area is 194 Å². The van der Waals surface area contributed by atoms with Crippen LogP contribution in [0, 0.1) is 0 Å². The molecule has 0 fully saturated rings. The molecule has 6 nitrogen and oxygen atoms in total. The van der Waals surface area contributed by atoms with E-state index >= 15 is 0 Å². The number of aromatic nitrogens is 1. The molecule has 0 saturated heterocycles. The number of aromatic hydroxyl groups is 1. The van der Waals surface area contributed by atoms with Crippen molar-refractivity contribution < 1.29 is 23.1 Å². The van der Waals surface area contributed by atoms with E-state index in [2.05, 4.69) is 0 Å². The van der Waals surface area contributed by atoms with E-state index in [1.54, 1.807) is 28.1 Å². The third-order valence-electron chi connectivity index (χ3n) is 5.99. The van der Waals surface area contributed by atoms with Crippen molar-refractivity contribution >= 4 is 29.0 Å². The molecule has 2 aromatic heterocycles. The van der Waals surface area contributed by atoms with Gasteiger partial charge in [-0.25, -0.2) is 0 Å². The number of carbonyl (C=O) groups is 1. The first-order valence-corrected chi connectivity index (χ1v) is 11.9. The van der Waals surface area contributed by atoms with Gasteiger partial charge in [-0.2, -0.15) is 13.2 Å². The quantitative estimate of drug-likeness (QED) is 0.576. The number of benzene rings is 1. The van der Waals surface area contributed by atoms with Crippen LogP contribution in [0.2, 0.25) is 0 Å². The molecule has 0 radical (unpaired) electrons. The van der Waals surface area contributed by atoms with Crippen LogP contribution in [-0.2, 0) is 5.75 Å². The van der Waals surface area contributed by atoms with Gasteiger partial charge >= 0.3 is 6.18 Å². The van der Waals surface area contributed by atoms with Gasteiger partial charge in [0.15, 0.2) is 11.4 Å². The molecule has 172 valence electrons. The van der Waals surface area contributed by atoms with Crippen LogP contribution in [0.15, 0.2) is 57.0 Å². The molecule has 0 saturated carbocycles. The van der Waals surface area contributed by atoms with Gasteiger partial charge in [0.2, 0.25) is 5.43 Å². The highest BCUT2D eigenvalue weighted by Crippen LogP contribution is 2.45. The lowest BCUT2D eigenvalue weighted by Gasteiger charge is -2.45. The number of pyridine rings is 1. The minimum absolute atomic E-state index is 0.381. The first-order valence-electron chi connectivity index (χ1n) is 10.1. The number of halogens is 3. The first-order chi connectivity index (χ1) is 15.7. The largest absolute Gasteiger partial charge is 0.502 e. The van der Waals surface area contributed by atoms with Crippen LogP contribution in [0.4, 0.5) is 13.2 Å². The number of thioether (sulfide) groups is 1. The summed E-state index contributed by atoms with van der Waals surface area (Å²) in [6, 6.07) is 8.04. The van der Waals surface area contributed by atoms with Crippen molar-refractivity contribution in [2.75, 3.05) is 11.7 Å². The van der Waals surface area contributed by atoms with Gasteiger partial charge in [-0.15, -0.1) is 23.1 Å². The van der Waals surface area contributed by atoms with E-state index in [0.717, 1.165) is 33.9 Å². The minimum atomic E-state index is -4.68. The summed E-state index contributed by atoms with van der Waals surface area (Å²) < 4.78 is 43.4. The van der Waals surface area contributed by atoms with E-state index in [4.69, 9.17) is 0 Å². The minimum Gasteiger partial charge on any atom is -0.502 e.